The monoisotopic (exact) mass is 245 g/mol. The van der Waals surface area contributed by atoms with Crippen LogP contribution in [0.2, 0.25) is 5.02 Å². The SMILES string of the molecule is [2H]C(C)(CC(C)(C([2H])([2H])[2H])C([2H])([2H])[2H])C(=O)c1cccc(Cl)c1. The summed E-state index contributed by atoms with van der Waals surface area (Å²) in [6, 6.07) is 5.94. The van der Waals surface area contributed by atoms with Crippen molar-refractivity contribution in [3.63, 3.8) is 0 Å². The quantitative estimate of drug-likeness (QED) is 0.712. The third-order valence-corrected chi connectivity index (χ3v) is 2.33. The Morgan fingerprint density at radius 3 is 2.88 bits per heavy atom. The minimum Gasteiger partial charge on any atom is -0.294 e. The molecule has 1 unspecified atom stereocenters. The number of carbonyl (C=O) groups is 1. The number of rotatable bonds is 3. The van der Waals surface area contributed by atoms with E-state index in [4.69, 9.17) is 21.2 Å². The number of halogens is 1. The number of benzene rings is 1. The van der Waals surface area contributed by atoms with Gasteiger partial charge in [0.25, 0.3) is 0 Å². The van der Waals surface area contributed by atoms with Gasteiger partial charge in [-0.25, -0.2) is 0 Å². The molecule has 0 spiro atoms. The highest BCUT2D eigenvalue weighted by Crippen LogP contribution is 2.26. The van der Waals surface area contributed by atoms with Crippen LogP contribution in [0.4, 0.5) is 0 Å². The highest BCUT2D eigenvalue weighted by molar-refractivity contribution is 6.31. The lowest BCUT2D eigenvalue weighted by atomic mass is 9.82. The molecule has 1 aromatic rings. The second-order valence-electron chi connectivity index (χ2n) is 4.13. The van der Waals surface area contributed by atoms with Gasteiger partial charge in [-0.3, -0.25) is 4.79 Å². The van der Waals surface area contributed by atoms with Crippen LogP contribution in [0.5, 0.6) is 0 Å². The second kappa shape index (κ2) is 5.01. The van der Waals surface area contributed by atoms with Crippen molar-refractivity contribution in [2.75, 3.05) is 0 Å². The lowest BCUT2D eigenvalue weighted by molar-refractivity contribution is 0.0897. The molecule has 0 fully saturated rings. The van der Waals surface area contributed by atoms with Crippen LogP contribution in [0.15, 0.2) is 24.3 Å². The highest BCUT2D eigenvalue weighted by atomic mass is 35.5. The van der Waals surface area contributed by atoms with Crippen LogP contribution in [0, 0.1) is 11.3 Å². The number of ketones is 1. The molecule has 2 heteroatoms. The molecule has 0 radical (unpaired) electrons. The average Bonchev–Trinajstić information content (AvgIpc) is 2.34. The van der Waals surface area contributed by atoms with Crippen LogP contribution >= 0.6 is 11.6 Å². The molecule has 1 atom stereocenters. The number of Topliss-reactive ketones (excluding diaryl/α,β-unsaturated/α-hetero) is 1. The van der Waals surface area contributed by atoms with Crippen LogP contribution in [0.25, 0.3) is 0 Å². The summed E-state index contributed by atoms with van der Waals surface area (Å²) in [5.41, 5.74) is -2.03. The predicted octanol–water partition coefficient (Wildman–Crippen LogP) is 4.60. The summed E-state index contributed by atoms with van der Waals surface area (Å²) in [6.07, 6.45) is -0.627. The molecule has 0 heterocycles. The van der Waals surface area contributed by atoms with E-state index >= 15 is 0 Å². The van der Waals surface area contributed by atoms with Crippen molar-refractivity contribution in [3.05, 3.63) is 34.9 Å². The van der Waals surface area contributed by atoms with Crippen LogP contribution in [-0.4, -0.2) is 5.78 Å². The van der Waals surface area contributed by atoms with Gasteiger partial charge in [-0.2, -0.15) is 0 Å². The Morgan fingerprint density at radius 2 is 2.31 bits per heavy atom. The molecule has 0 aliphatic heterocycles. The van der Waals surface area contributed by atoms with Crippen molar-refractivity contribution in [2.24, 2.45) is 11.3 Å². The molecule has 1 aromatic carbocycles. The van der Waals surface area contributed by atoms with E-state index < -0.39 is 37.2 Å². The van der Waals surface area contributed by atoms with Crippen molar-refractivity contribution >= 4 is 17.4 Å². The summed E-state index contributed by atoms with van der Waals surface area (Å²) in [4.78, 5) is 12.5. The Morgan fingerprint density at radius 1 is 1.62 bits per heavy atom. The van der Waals surface area contributed by atoms with Crippen LogP contribution < -0.4 is 0 Å². The van der Waals surface area contributed by atoms with Gasteiger partial charge >= 0.3 is 0 Å². The van der Waals surface area contributed by atoms with Crippen LogP contribution in [0.1, 0.15) is 53.9 Å². The minimum atomic E-state index is -2.84. The standard InChI is InChI=1S/C14H19ClO/c1-10(9-14(2,3)4)13(16)11-6-5-7-12(15)8-11/h5-8,10H,9H2,1-4H3/i2D3,3D3,10D. The number of hydrogen-bond acceptors (Lipinski definition) is 1. The first-order valence-corrected chi connectivity index (χ1v) is 5.30. The first-order valence-electron chi connectivity index (χ1n) is 8.42. The van der Waals surface area contributed by atoms with E-state index in [0.717, 1.165) is 6.92 Å². The second-order valence-corrected chi connectivity index (χ2v) is 4.57. The zero-order chi connectivity index (χ0) is 18.3. The van der Waals surface area contributed by atoms with E-state index in [9.17, 15) is 4.79 Å². The van der Waals surface area contributed by atoms with Crippen molar-refractivity contribution < 1.29 is 14.4 Å². The molecule has 0 N–H and O–H groups in total. The van der Waals surface area contributed by atoms with Gasteiger partial charge in [-0.1, -0.05) is 51.3 Å². The predicted molar refractivity (Wildman–Crippen MR) is 69.0 cm³/mol. The summed E-state index contributed by atoms with van der Waals surface area (Å²) in [6.45, 7) is -3.37. The maximum absolute atomic E-state index is 12.5. The Kier molecular flexibility index (Phi) is 1.94. The van der Waals surface area contributed by atoms with E-state index in [1.54, 1.807) is 12.1 Å². The molecule has 1 rings (SSSR count). The zero-order valence-electron chi connectivity index (χ0n) is 16.3. The molecule has 0 saturated heterocycles. The first kappa shape index (κ1) is 6.20. The third-order valence-electron chi connectivity index (χ3n) is 2.09. The molecular weight excluding hydrogens is 220 g/mol. The van der Waals surface area contributed by atoms with Gasteiger partial charge in [0, 0.05) is 26.1 Å². The van der Waals surface area contributed by atoms with Gasteiger partial charge < -0.3 is 0 Å². The normalized spacial score (nSPS) is 23.6. The van der Waals surface area contributed by atoms with Crippen LogP contribution in [-0.2, 0) is 0 Å². The van der Waals surface area contributed by atoms with E-state index in [1.165, 1.54) is 19.1 Å². The first-order chi connectivity index (χ1) is 10.1. The smallest absolute Gasteiger partial charge is 0.165 e. The molecule has 88 valence electrons. The van der Waals surface area contributed by atoms with Crippen molar-refractivity contribution in [1.29, 1.82) is 0 Å². The zero-order valence-corrected chi connectivity index (χ0v) is 10.1. The molecule has 0 aliphatic carbocycles. The van der Waals surface area contributed by atoms with Gasteiger partial charge in [0.15, 0.2) is 5.78 Å². The molecule has 0 aromatic heterocycles. The van der Waals surface area contributed by atoms with E-state index in [0.29, 0.717) is 5.02 Å². The van der Waals surface area contributed by atoms with Crippen molar-refractivity contribution in [3.8, 4) is 0 Å². The maximum Gasteiger partial charge on any atom is 0.165 e. The van der Waals surface area contributed by atoms with Crippen molar-refractivity contribution in [1.82, 2.24) is 0 Å². The van der Waals surface area contributed by atoms with Gasteiger partial charge in [0.05, 0.1) is 0 Å². The average molecular weight is 246 g/mol. The Labute approximate surface area is 113 Å². The third kappa shape index (κ3) is 3.97. The molecule has 1 nitrogen and oxygen atoms in total. The maximum atomic E-state index is 12.5. The van der Waals surface area contributed by atoms with Crippen molar-refractivity contribution in [2.45, 2.75) is 34.0 Å². The van der Waals surface area contributed by atoms with Gasteiger partial charge in [0.2, 0.25) is 0 Å². The summed E-state index contributed by atoms with van der Waals surface area (Å²) in [5.74, 6) is -2.58. The fourth-order valence-corrected chi connectivity index (χ4v) is 1.68. The number of hydrogen-bond donors (Lipinski definition) is 0. The Hall–Kier alpha value is -0.820. The lowest BCUT2D eigenvalue weighted by Crippen LogP contribution is -2.18. The summed E-state index contributed by atoms with van der Waals surface area (Å²) < 4.78 is 53.6. The molecule has 0 bridgehead atoms. The van der Waals surface area contributed by atoms with E-state index in [1.807, 2.05) is 0 Å². The number of carbonyl (C=O) groups excluding carboxylic acids is 1. The van der Waals surface area contributed by atoms with Gasteiger partial charge in [0.1, 0.15) is 0 Å². The van der Waals surface area contributed by atoms with E-state index in [2.05, 4.69) is 0 Å². The fourth-order valence-electron chi connectivity index (χ4n) is 1.49. The largest absolute Gasteiger partial charge is 0.294 e. The Balaban J connectivity index is 3.24. The lowest BCUT2D eigenvalue weighted by Gasteiger charge is -2.22. The minimum absolute atomic E-state index is 0.147. The van der Waals surface area contributed by atoms with Gasteiger partial charge in [-0.15, -0.1) is 0 Å². The summed E-state index contributed by atoms with van der Waals surface area (Å²) in [5, 5.41) is 0.307. The highest BCUT2D eigenvalue weighted by Gasteiger charge is 2.21. The molecular formula is C14H19ClO. The fraction of sp³-hybridized carbons (Fsp3) is 0.500. The molecule has 0 amide bonds. The molecule has 0 aliphatic rings. The summed E-state index contributed by atoms with van der Waals surface area (Å²) >= 11 is 5.82. The molecule has 0 saturated carbocycles. The van der Waals surface area contributed by atoms with Gasteiger partial charge in [-0.05, 0) is 24.0 Å². The summed E-state index contributed by atoms with van der Waals surface area (Å²) in [7, 11) is 0. The van der Waals surface area contributed by atoms with Crippen LogP contribution in [0.3, 0.4) is 0 Å². The van der Waals surface area contributed by atoms with E-state index in [-0.39, 0.29) is 5.56 Å². The topological polar surface area (TPSA) is 17.1 Å². The molecule has 16 heavy (non-hydrogen) atoms. The Bertz CT molecular complexity index is 576.